The SMILES string of the molecule is Cc1ncnc2c1ncn2CCN1CCCCC1. The Labute approximate surface area is 107 Å². The smallest absolute Gasteiger partial charge is 0.163 e. The van der Waals surface area contributed by atoms with E-state index in [1.807, 2.05) is 13.3 Å². The van der Waals surface area contributed by atoms with E-state index in [0.29, 0.717) is 0 Å². The summed E-state index contributed by atoms with van der Waals surface area (Å²) in [6.07, 6.45) is 7.57. The molecular formula is C13H19N5. The van der Waals surface area contributed by atoms with Gasteiger partial charge in [-0.25, -0.2) is 15.0 Å². The van der Waals surface area contributed by atoms with Crippen molar-refractivity contribution in [3.63, 3.8) is 0 Å². The normalized spacial score (nSPS) is 17.4. The van der Waals surface area contributed by atoms with Gasteiger partial charge in [-0.2, -0.15) is 0 Å². The monoisotopic (exact) mass is 245 g/mol. The molecular weight excluding hydrogens is 226 g/mol. The number of rotatable bonds is 3. The number of nitrogens with zero attached hydrogens (tertiary/aromatic N) is 5. The van der Waals surface area contributed by atoms with Crippen LogP contribution >= 0.6 is 0 Å². The Morgan fingerprint density at radius 2 is 1.89 bits per heavy atom. The minimum atomic E-state index is 0.927. The fourth-order valence-corrected chi connectivity index (χ4v) is 2.59. The second kappa shape index (κ2) is 5.02. The van der Waals surface area contributed by atoms with Gasteiger partial charge in [-0.15, -0.1) is 0 Å². The van der Waals surface area contributed by atoms with E-state index in [4.69, 9.17) is 0 Å². The van der Waals surface area contributed by atoms with E-state index in [1.165, 1.54) is 32.4 Å². The van der Waals surface area contributed by atoms with Crippen LogP contribution in [0.5, 0.6) is 0 Å². The summed E-state index contributed by atoms with van der Waals surface area (Å²) in [5, 5.41) is 0. The number of likely N-dealkylation sites (tertiary alicyclic amines) is 1. The van der Waals surface area contributed by atoms with Crippen molar-refractivity contribution in [1.82, 2.24) is 24.4 Å². The van der Waals surface area contributed by atoms with Gasteiger partial charge in [-0.3, -0.25) is 0 Å². The van der Waals surface area contributed by atoms with Gasteiger partial charge in [0.1, 0.15) is 11.8 Å². The summed E-state index contributed by atoms with van der Waals surface area (Å²) < 4.78 is 2.14. The average Bonchev–Trinajstić information content (AvgIpc) is 2.82. The first kappa shape index (κ1) is 11.6. The largest absolute Gasteiger partial charge is 0.314 e. The number of hydrogen-bond donors (Lipinski definition) is 0. The molecule has 1 aliphatic heterocycles. The van der Waals surface area contributed by atoms with Crippen LogP contribution in [0.2, 0.25) is 0 Å². The third-order valence-corrected chi connectivity index (χ3v) is 3.69. The molecule has 96 valence electrons. The molecule has 0 amide bonds. The lowest BCUT2D eigenvalue weighted by atomic mass is 10.1. The molecule has 1 aliphatic rings. The van der Waals surface area contributed by atoms with Crippen molar-refractivity contribution in [3.8, 4) is 0 Å². The molecule has 0 spiro atoms. The van der Waals surface area contributed by atoms with Crippen molar-refractivity contribution < 1.29 is 0 Å². The van der Waals surface area contributed by atoms with Gasteiger partial charge in [-0.1, -0.05) is 6.42 Å². The first-order valence-corrected chi connectivity index (χ1v) is 6.69. The van der Waals surface area contributed by atoms with Crippen LogP contribution in [0.1, 0.15) is 25.0 Å². The van der Waals surface area contributed by atoms with Crippen LogP contribution < -0.4 is 0 Å². The van der Waals surface area contributed by atoms with Crippen LogP contribution in [0.25, 0.3) is 11.2 Å². The highest BCUT2D eigenvalue weighted by Crippen LogP contribution is 2.13. The van der Waals surface area contributed by atoms with Gasteiger partial charge < -0.3 is 9.47 Å². The maximum Gasteiger partial charge on any atom is 0.163 e. The second-order valence-corrected chi connectivity index (χ2v) is 4.97. The minimum Gasteiger partial charge on any atom is -0.314 e. The Balaban J connectivity index is 1.72. The predicted octanol–water partition coefficient (Wildman–Crippen LogP) is 1.62. The Morgan fingerprint density at radius 3 is 2.72 bits per heavy atom. The molecule has 0 saturated carbocycles. The van der Waals surface area contributed by atoms with Gasteiger partial charge in [0.05, 0.1) is 12.0 Å². The Kier molecular flexibility index (Phi) is 3.23. The Bertz CT molecular complexity index is 527. The zero-order valence-corrected chi connectivity index (χ0v) is 10.8. The number of hydrogen-bond acceptors (Lipinski definition) is 4. The molecule has 1 fully saturated rings. The van der Waals surface area contributed by atoms with Crippen molar-refractivity contribution in [1.29, 1.82) is 0 Å². The highest BCUT2D eigenvalue weighted by Gasteiger charge is 2.11. The molecule has 2 aromatic rings. The van der Waals surface area contributed by atoms with Gasteiger partial charge in [0.25, 0.3) is 0 Å². The topological polar surface area (TPSA) is 46.8 Å². The number of imidazole rings is 1. The van der Waals surface area contributed by atoms with Gasteiger partial charge in [0, 0.05) is 13.1 Å². The van der Waals surface area contributed by atoms with E-state index in [1.54, 1.807) is 6.33 Å². The van der Waals surface area contributed by atoms with Crippen LogP contribution in [-0.2, 0) is 6.54 Å². The van der Waals surface area contributed by atoms with Crippen LogP contribution in [0.4, 0.5) is 0 Å². The standard InChI is InChI=1S/C13H19N5/c1-11-12-13(15-9-14-11)18(10-16-12)8-7-17-5-3-2-4-6-17/h9-10H,2-8H2,1H3. The predicted molar refractivity (Wildman–Crippen MR) is 70.4 cm³/mol. The third kappa shape index (κ3) is 2.22. The van der Waals surface area contributed by atoms with Gasteiger partial charge in [0.15, 0.2) is 5.65 Å². The maximum absolute atomic E-state index is 4.40. The van der Waals surface area contributed by atoms with Crippen LogP contribution in [0.15, 0.2) is 12.7 Å². The van der Waals surface area contributed by atoms with Crippen LogP contribution in [0, 0.1) is 6.92 Å². The number of aryl methyl sites for hydroxylation is 1. The maximum atomic E-state index is 4.40. The van der Waals surface area contributed by atoms with Crippen molar-refractivity contribution >= 4 is 11.2 Å². The van der Waals surface area contributed by atoms with E-state index >= 15 is 0 Å². The second-order valence-electron chi connectivity index (χ2n) is 4.97. The molecule has 0 unspecified atom stereocenters. The molecule has 18 heavy (non-hydrogen) atoms. The van der Waals surface area contributed by atoms with Crippen LogP contribution in [-0.4, -0.2) is 44.1 Å². The summed E-state index contributed by atoms with van der Waals surface area (Å²) in [5.41, 5.74) is 2.84. The van der Waals surface area contributed by atoms with Crippen molar-refractivity contribution in [2.24, 2.45) is 0 Å². The van der Waals surface area contributed by atoms with Crippen molar-refractivity contribution in [2.75, 3.05) is 19.6 Å². The number of aromatic nitrogens is 4. The summed E-state index contributed by atoms with van der Waals surface area (Å²) in [6, 6.07) is 0. The quantitative estimate of drug-likeness (QED) is 0.824. The molecule has 3 heterocycles. The van der Waals surface area contributed by atoms with E-state index in [0.717, 1.165) is 29.9 Å². The van der Waals surface area contributed by atoms with E-state index < -0.39 is 0 Å². The summed E-state index contributed by atoms with van der Waals surface area (Å²) >= 11 is 0. The lowest BCUT2D eigenvalue weighted by Gasteiger charge is -2.26. The molecule has 5 nitrogen and oxygen atoms in total. The van der Waals surface area contributed by atoms with E-state index in [-0.39, 0.29) is 0 Å². The molecule has 0 radical (unpaired) electrons. The molecule has 5 heteroatoms. The molecule has 0 N–H and O–H groups in total. The zero-order chi connectivity index (χ0) is 12.4. The first-order chi connectivity index (χ1) is 8.84. The summed E-state index contributed by atoms with van der Waals surface area (Å²) in [6.45, 7) is 6.51. The third-order valence-electron chi connectivity index (χ3n) is 3.69. The molecule has 2 aromatic heterocycles. The lowest BCUT2D eigenvalue weighted by molar-refractivity contribution is 0.221. The van der Waals surface area contributed by atoms with Gasteiger partial charge >= 0.3 is 0 Å². The fourth-order valence-electron chi connectivity index (χ4n) is 2.59. The summed E-state index contributed by atoms with van der Waals surface area (Å²) in [4.78, 5) is 15.4. The lowest BCUT2D eigenvalue weighted by Crippen LogP contribution is -2.32. The van der Waals surface area contributed by atoms with Crippen LogP contribution in [0.3, 0.4) is 0 Å². The van der Waals surface area contributed by atoms with Crippen molar-refractivity contribution in [2.45, 2.75) is 32.7 Å². The molecule has 0 aliphatic carbocycles. The Hall–Kier alpha value is -1.49. The molecule has 3 rings (SSSR count). The molecule has 0 bridgehead atoms. The fraction of sp³-hybridized carbons (Fsp3) is 0.615. The van der Waals surface area contributed by atoms with Gasteiger partial charge in [-0.05, 0) is 32.9 Å². The minimum absolute atomic E-state index is 0.927. The van der Waals surface area contributed by atoms with Crippen molar-refractivity contribution in [3.05, 3.63) is 18.3 Å². The molecule has 0 atom stereocenters. The van der Waals surface area contributed by atoms with E-state index in [2.05, 4.69) is 24.4 Å². The highest BCUT2D eigenvalue weighted by molar-refractivity contribution is 5.72. The molecule has 0 aromatic carbocycles. The van der Waals surface area contributed by atoms with E-state index in [9.17, 15) is 0 Å². The summed E-state index contributed by atoms with van der Waals surface area (Å²) in [5.74, 6) is 0. The first-order valence-electron chi connectivity index (χ1n) is 6.69. The van der Waals surface area contributed by atoms with Gasteiger partial charge in [0.2, 0.25) is 0 Å². The summed E-state index contributed by atoms with van der Waals surface area (Å²) in [7, 11) is 0. The zero-order valence-electron chi connectivity index (χ0n) is 10.8. The number of fused-ring (bicyclic) bond motifs is 1. The molecule has 1 saturated heterocycles. The number of piperidine rings is 1. The Morgan fingerprint density at radius 1 is 1.06 bits per heavy atom. The highest BCUT2D eigenvalue weighted by atomic mass is 15.2. The average molecular weight is 245 g/mol.